The third-order valence-electron chi connectivity index (χ3n) is 7.23. The van der Waals surface area contributed by atoms with E-state index >= 15 is 4.39 Å². The second-order valence-corrected chi connectivity index (χ2v) is 9.72. The fraction of sp³-hybridized carbons (Fsp3) is 0.172. The zero-order valence-corrected chi connectivity index (χ0v) is 20.8. The first-order chi connectivity index (χ1) is 19.2. The molecule has 0 saturated heterocycles. The highest BCUT2D eigenvalue weighted by Crippen LogP contribution is 2.34. The number of carbonyl (C=O) groups is 1. The Morgan fingerprint density at radius 1 is 0.974 bits per heavy atom. The van der Waals surface area contributed by atoms with Gasteiger partial charge in [0, 0.05) is 29.4 Å². The van der Waals surface area contributed by atoms with E-state index in [2.05, 4.69) is 35.5 Å². The minimum atomic E-state index is -0.553. The van der Waals surface area contributed by atoms with Crippen LogP contribution in [-0.2, 0) is 4.79 Å². The van der Waals surface area contributed by atoms with Crippen LogP contribution in [0.3, 0.4) is 0 Å². The van der Waals surface area contributed by atoms with Crippen molar-refractivity contribution in [3.63, 3.8) is 0 Å². The van der Waals surface area contributed by atoms with Crippen LogP contribution in [0, 0.1) is 11.7 Å². The number of hydrogen-bond donors (Lipinski definition) is 3. The molecule has 39 heavy (non-hydrogen) atoms. The molecule has 1 saturated carbocycles. The molecule has 7 rings (SSSR count). The largest absolute Gasteiger partial charge is 0.337 e. The summed E-state index contributed by atoms with van der Waals surface area (Å²) >= 11 is 0. The maximum atomic E-state index is 16.1. The van der Waals surface area contributed by atoms with E-state index in [1.54, 1.807) is 18.5 Å². The van der Waals surface area contributed by atoms with Crippen LogP contribution in [-0.4, -0.2) is 41.0 Å². The maximum absolute atomic E-state index is 16.1. The first kappa shape index (κ1) is 23.2. The molecule has 6 aromatic rings. The van der Waals surface area contributed by atoms with E-state index in [4.69, 9.17) is 4.98 Å². The predicted molar refractivity (Wildman–Crippen MR) is 146 cm³/mol. The van der Waals surface area contributed by atoms with Gasteiger partial charge in [0.25, 0.3) is 0 Å². The van der Waals surface area contributed by atoms with Crippen molar-refractivity contribution >= 4 is 33.5 Å². The molecular formula is C29H23FN8O. The number of aromatic amines is 2. The standard InChI is InChI=1S/C29H23FN8O/c30-24-23-22(15-33-25(24)17-12-18(14-31-13-17)34-29(39)16-6-1-2-7-16)37-38-27(23)28-35-21-10-5-8-19(26(21)36-28)20-9-3-4-11-32-20/h3-5,8-16H,1-2,6-7H2,(H,34,39)(H,35,36)(H,37,38). The van der Waals surface area contributed by atoms with Gasteiger partial charge in [-0.25, -0.2) is 9.37 Å². The van der Waals surface area contributed by atoms with Crippen molar-refractivity contribution in [2.24, 2.45) is 5.92 Å². The van der Waals surface area contributed by atoms with Gasteiger partial charge < -0.3 is 10.3 Å². The SMILES string of the molecule is O=C(Nc1cncc(-c2ncc3[nH]nc(-c4nc5c(-c6ccccn6)cccc5[nH]4)c3c2F)c1)C1CCCC1. The van der Waals surface area contributed by atoms with Gasteiger partial charge in [0.1, 0.15) is 11.4 Å². The van der Waals surface area contributed by atoms with Gasteiger partial charge >= 0.3 is 0 Å². The first-order valence-corrected chi connectivity index (χ1v) is 12.8. The summed E-state index contributed by atoms with van der Waals surface area (Å²) in [6, 6.07) is 13.2. The van der Waals surface area contributed by atoms with Crippen molar-refractivity contribution in [3.8, 4) is 34.0 Å². The minimum absolute atomic E-state index is 0.00959. The highest BCUT2D eigenvalue weighted by Gasteiger charge is 2.24. The molecule has 10 heteroatoms. The number of amides is 1. The van der Waals surface area contributed by atoms with E-state index in [0.717, 1.165) is 42.5 Å². The Bertz CT molecular complexity index is 1840. The van der Waals surface area contributed by atoms with Gasteiger partial charge in [0.2, 0.25) is 5.91 Å². The molecule has 0 aliphatic heterocycles. The van der Waals surface area contributed by atoms with Crippen LogP contribution in [0.25, 0.3) is 56.0 Å². The van der Waals surface area contributed by atoms with Crippen molar-refractivity contribution in [3.05, 3.63) is 73.1 Å². The second kappa shape index (κ2) is 9.39. The van der Waals surface area contributed by atoms with E-state index in [0.29, 0.717) is 33.8 Å². The molecule has 5 aromatic heterocycles. The van der Waals surface area contributed by atoms with Gasteiger partial charge in [-0.15, -0.1) is 0 Å². The summed E-state index contributed by atoms with van der Waals surface area (Å²) in [7, 11) is 0. The van der Waals surface area contributed by atoms with Gasteiger partial charge in [-0.1, -0.05) is 31.0 Å². The number of fused-ring (bicyclic) bond motifs is 2. The zero-order valence-electron chi connectivity index (χ0n) is 20.8. The lowest BCUT2D eigenvalue weighted by Crippen LogP contribution is -2.20. The van der Waals surface area contributed by atoms with Crippen LogP contribution in [0.15, 0.2) is 67.3 Å². The topological polar surface area (TPSA) is 125 Å². The number of halogens is 1. The lowest BCUT2D eigenvalue weighted by Gasteiger charge is -2.11. The zero-order chi connectivity index (χ0) is 26.3. The summed E-state index contributed by atoms with van der Waals surface area (Å²) in [4.78, 5) is 33.7. The quantitative estimate of drug-likeness (QED) is 0.261. The van der Waals surface area contributed by atoms with E-state index in [-0.39, 0.29) is 22.9 Å². The summed E-state index contributed by atoms with van der Waals surface area (Å²) in [5, 5.41) is 10.4. The Morgan fingerprint density at radius 3 is 2.72 bits per heavy atom. The highest BCUT2D eigenvalue weighted by molar-refractivity contribution is 5.98. The Morgan fingerprint density at radius 2 is 1.87 bits per heavy atom. The number of nitrogens with zero attached hydrogens (tertiary/aromatic N) is 5. The van der Waals surface area contributed by atoms with Gasteiger partial charge in [0.05, 0.1) is 45.7 Å². The van der Waals surface area contributed by atoms with E-state index in [1.807, 2.05) is 36.4 Å². The Hall–Kier alpha value is -4.99. The third-order valence-corrected chi connectivity index (χ3v) is 7.23. The molecule has 0 atom stereocenters. The molecule has 1 fully saturated rings. The highest BCUT2D eigenvalue weighted by atomic mass is 19.1. The van der Waals surface area contributed by atoms with E-state index in [1.165, 1.54) is 12.4 Å². The third kappa shape index (κ3) is 4.10. The first-order valence-electron chi connectivity index (χ1n) is 12.8. The lowest BCUT2D eigenvalue weighted by atomic mass is 10.1. The average Bonchev–Trinajstić information content (AvgIpc) is 3.73. The number of nitrogens with one attached hydrogen (secondary N) is 3. The maximum Gasteiger partial charge on any atom is 0.227 e. The predicted octanol–water partition coefficient (Wildman–Crippen LogP) is 5.89. The summed E-state index contributed by atoms with van der Waals surface area (Å²) in [5.41, 5.74) is 5.01. The summed E-state index contributed by atoms with van der Waals surface area (Å²) < 4.78 is 16.1. The van der Waals surface area contributed by atoms with Crippen molar-refractivity contribution in [2.45, 2.75) is 25.7 Å². The van der Waals surface area contributed by atoms with Crippen molar-refractivity contribution in [1.29, 1.82) is 0 Å². The van der Waals surface area contributed by atoms with Crippen LogP contribution in [0.5, 0.6) is 0 Å². The molecule has 0 bridgehead atoms. The molecule has 0 radical (unpaired) electrons. The van der Waals surface area contributed by atoms with Gasteiger partial charge in [0.15, 0.2) is 11.6 Å². The number of anilines is 1. The molecule has 3 N–H and O–H groups in total. The van der Waals surface area contributed by atoms with Crippen LogP contribution < -0.4 is 5.32 Å². The Balaban J connectivity index is 1.28. The number of rotatable bonds is 5. The normalized spacial score (nSPS) is 13.9. The molecule has 1 amide bonds. The molecule has 0 spiro atoms. The fourth-order valence-electron chi connectivity index (χ4n) is 5.29. The number of aromatic nitrogens is 7. The van der Waals surface area contributed by atoms with E-state index < -0.39 is 5.82 Å². The van der Waals surface area contributed by atoms with Crippen molar-refractivity contribution in [2.75, 3.05) is 5.32 Å². The monoisotopic (exact) mass is 518 g/mol. The van der Waals surface area contributed by atoms with Crippen LogP contribution >= 0.6 is 0 Å². The molecule has 1 aliphatic rings. The molecule has 5 heterocycles. The van der Waals surface area contributed by atoms with Gasteiger partial charge in [-0.3, -0.25) is 24.8 Å². The molecular weight excluding hydrogens is 495 g/mol. The second-order valence-electron chi connectivity index (χ2n) is 9.72. The number of hydrogen-bond acceptors (Lipinski definition) is 6. The number of H-pyrrole nitrogens is 2. The summed E-state index contributed by atoms with van der Waals surface area (Å²) in [6.45, 7) is 0. The summed E-state index contributed by atoms with van der Waals surface area (Å²) in [5.74, 6) is -0.146. The van der Waals surface area contributed by atoms with Crippen LogP contribution in [0.2, 0.25) is 0 Å². The molecule has 1 aliphatic carbocycles. The average molecular weight is 519 g/mol. The minimum Gasteiger partial charge on any atom is -0.337 e. The number of para-hydroxylation sites is 1. The number of imidazole rings is 1. The molecule has 1 aromatic carbocycles. The van der Waals surface area contributed by atoms with Crippen molar-refractivity contribution in [1.82, 2.24) is 35.1 Å². The fourth-order valence-corrected chi connectivity index (χ4v) is 5.29. The van der Waals surface area contributed by atoms with Gasteiger partial charge in [-0.2, -0.15) is 5.10 Å². The lowest BCUT2D eigenvalue weighted by molar-refractivity contribution is -0.119. The van der Waals surface area contributed by atoms with Crippen molar-refractivity contribution < 1.29 is 9.18 Å². The smallest absolute Gasteiger partial charge is 0.227 e. The number of pyridine rings is 3. The molecule has 0 unspecified atom stereocenters. The van der Waals surface area contributed by atoms with E-state index in [9.17, 15) is 4.79 Å². The van der Waals surface area contributed by atoms with Crippen LogP contribution in [0.4, 0.5) is 10.1 Å². The summed E-state index contributed by atoms with van der Waals surface area (Å²) in [6.07, 6.45) is 10.3. The van der Waals surface area contributed by atoms with Crippen LogP contribution in [0.1, 0.15) is 25.7 Å². The Labute approximate surface area is 222 Å². The van der Waals surface area contributed by atoms with Gasteiger partial charge in [-0.05, 0) is 37.1 Å². The number of benzene rings is 1. The number of carbonyl (C=O) groups excluding carboxylic acids is 1. The molecule has 9 nitrogen and oxygen atoms in total. The Kier molecular flexibility index (Phi) is 5.58. The molecule has 192 valence electrons.